The van der Waals surface area contributed by atoms with Crippen molar-refractivity contribution >= 4 is 28.0 Å². The smallest absolute Gasteiger partial charge is 0.256 e. The number of ether oxygens (including phenoxy) is 1. The Bertz CT molecular complexity index is 855. The molecule has 0 fully saturated rings. The lowest BCUT2D eigenvalue weighted by Crippen LogP contribution is -2.34. The van der Waals surface area contributed by atoms with Crippen molar-refractivity contribution in [3.8, 4) is 6.07 Å². The third-order valence-corrected chi connectivity index (χ3v) is 5.49. The fraction of sp³-hybridized carbons (Fsp3) is 0.316. The van der Waals surface area contributed by atoms with Gasteiger partial charge in [0.1, 0.15) is 17.1 Å². The van der Waals surface area contributed by atoms with Gasteiger partial charge in [0.05, 0.1) is 12.2 Å². The molecule has 1 aliphatic rings. The number of hydrogen-bond acceptors (Lipinski definition) is 6. The predicted octanol–water partition coefficient (Wildman–Crippen LogP) is 2.66. The molecule has 1 aromatic heterocycles. The van der Waals surface area contributed by atoms with Gasteiger partial charge in [0.2, 0.25) is 0 Å². The Morgan fingerprint density at radius 3 is 2.85 bits per heavy atom. The van der Waals surface area contributed by atoms with E-state index in [0.717, 1.165) is 10.4 Å². The zero-order valence-electron chi connectivity index (χ0n) is 14.4. The van der Waals surface area contributed by atoms with Crippen LogP contribution < -0.4 is 10.6 Å². The highest BCUT2D eigenvalue weighted by Crippen LogP contribution is 2.39. The number of nitrogens with one attached hydrogen (secondary N) is 2. The minimum atomic E-state index is -0.451. The van der Waals surface area contributed by atoms with Crippen molar-refractivity contribution in [2.75, 3.05) is 25.6 Å². The molecule has 2 aromatic rings. The number of methoxy groups -OCH3 is 1. The maximum absolute atomic E-state index is 12.5. The van der Waals surface area contributed by atoms with Gasteiger partial charge in [-0.2, -0.15) is 5.26 Å². The summed E-state index contributed by atoms with van der Waals surface area (Å²) in [5.41, 5.74) is 1.84. The van der Waals surface area contributed by atoms with Crippen LogP contribution in [0.4, 0.5) is 5.00 Å². The quantitative estimate of drug-likeness (QED) is 0.817. The van der Waals surface area contributed by atoms with Crippen molar-refractivity contribution in [2.24, 2.45) is 0 Å². The zero-order valence-corrected chi connectivity index (χ0v) is 15.2. The number of anilines is 1. The van der Waals surface area contributed by atoms with Gasteiger partial charge >= 0.3 is 0 Å². The van der Waals surface area contributed by atoms with Crippen LogP contribution in [0.5, 0.6) is 0 Å². The Balaban J connectivity index is 1.89. The number of rotatable bonds is 6. The molecule has 134 valence electrons. The van der Waals surface area contributed by atoms with E-state index in [1.165, 1.54) is 11.3 Å². The molecule has 1 aromatic carbocycles. The highest BCUT2D eigenvalue weighted by molar-refractivity contribution is 7.17. The van der Waals surface area contributed by atoms with E-state index in [4.69, 9.17) is 4.74 Å². The fourth-order valence-corrected chi connectivity index (χ4v) is 4.27. The molecular weight excluding hydrogens is 350 g/mol. The number of nitrogens with zero attached hydrogens (tertiary/aromatic N) is 1. The number of fused-ring (bicyclic) bond motifs is 1. The second kappa shape index (κ2) is 8.23. The van der Waals surface area contributed by atoms with Crippen LogP contribution in [0, 0.1) is 11.3 Å². The molecule has 1 atom stereocenters. The van der Waals surface area contributed by atoms with Gasteiger partial charge in [-0.15, -0.1) is 11.3 Å². The molecule has 1 amide bonds. The molecule has 1 aliphatic heterocycles. The van der Waals surface area contributed by atoms with E-state index < -0.39 is 6.04 Å². The van der Waals surface area contributed by atoms with Crippen LogP contribution in [0.2, 0.25) is 0 Å². The number of Topliss-reactive ketones (excluding diaryl/α,β-unsaturated/α-hetero) is 1. The molecule has 0 saturated carbocycles. The lowest BCUT2D eigenvalue weighted by Gasteiger charge is -2.22. The highest BCUT2D eigenvalue weighted by Gasteiger charge is 2.31. The van der Waals surface area contributed by atoms with Crippen molar-refractivity contribution in [1.29, 1.82) is 5.26 Å². The summed E-state index contributed by atoms with van der Waals surface area (Å²) < 4.78 is 4.99. The number of carbonyl (C=O) groups is 2. The van der Waals surface area contributed by atoms with Crippen LogP contribution in [-0.2, 0) is 16.0 Å². The third-order valence-electron chi connectivity index (χ3n) is 4.27. The number of carbonyl (C=O) groups excluding carboxylic acids is 2. The number of benzene rings is 1. The summed E-state index contributed by atoms with van der Waals surface area (Å²) >= 11 is 1.30. The fourth-order valence-electron chi connectivity index (χ4n) is 2.98. The van der Waals surface area contributed by atoms with Crippen LogP contribution in [-0.4, -0.2) is 32.0 Å². The first-order valence-corrected chi connectivity index (χ1v) is 9.14. The first-order chi connectivity index (χ1) is 12.7. The van der Waals surface area contributed by atoms with Crippen molar-refractivity contribution < 1.29 is 14.3 Å². The Kier molecular flexibility index (Phi) is 5.78. The molecule has 0 aliphatic carbocycles. The second-order valence-electron chi connectivity index (χ2n) is 5.93. The SMILES string of the molecule is COCCC(=O)C1NCCc2c1sc(NC(=O)c1ccccc1)c2C#N. The number of amides is 1. The maximum atomic E-state index is 12.5. The summed E-state index contributed by atoms with van der Waals surface area (Å²) in [4.78, 5) is 25.7. The van der Waals surface area contributed by atoms with E-state index in [2.05, 4.69) is 16.7 Å². The number of ketones is 1. The van der Waals surface area contributed by atoms with Gasteiger partial charge in [-0.25, -0.2) is 0 Å². The van der Waals surface area contributed by atoms with Gasteiger partial charge in [-0.1, -0.05) is 18.2 Å². The summed E-state index contributed by atoms with van der Waals surface area (Å²) in [7, 11) is 1.56. The standard InChI is InChI=1S/C19H19N3O3S/c1-25-10-8-15(23)16-17-13(7-9-21-16)14(11-20)19(26-17)22-18(24)12-5-3-2-4-6-12/h2-6,16,21H,7-10H2,1H3,(H,22,24). The van der Waals surface area contributed by atoms with Gasteiger partial charge in [0.15, 0.2) is 5.78 Å². The maximum Gasteiger partial charge on any atom is 0.256 e. The Morgan fingerprint density at radius 1 is 1.38 bits per heavy atom. The Labute approximate surface area is 155 Å². The predicted molar refractivity (Wildman–Crippen MR) is 99.4 cm³/mol. The number of hydrogen-bond donors (Lipinski definition) is 2. The van der Waals surface area contributed by atoms with E-state index in [9.17, 15) is 14.9 Å². The molecular formula is C19H19N3O3S. The lowest BCUT2D eigenvalue weighted by atomic mass is 9.96. The van der Waals surface area contributed by atoms with Gasteiger partial charge in [0.25, 0.3) is 5.91 Å². The number of nitriles is 1. The van der Waals surface area contributed by atoms with Crippen molar-refractivity contribution in [3.63, 3.8) is 0 Å². The molecule has 1 unspecified atom stereocenters. The highest BCUT2D eigenvalue weighted by atomic mass is 32.1. The third kappa shape index (κ3) is 3.68. The van der Waals surface area contributed by atoms with Crippen molar-refractivity contribution in [3.05, 3.63) is 51.9 Å². The van der Waals surface area contributed by atoms with E-state index in [1.54, 1.807) is 31.4 Å². The molecule has 0 bridgehead atoms. The van der Waals surface area contributed by atoms with Gasteiger partial charge < -0.3 is 15.4 Å². The molecule has 2 heterocycles. The number of thiophene rings is 1. The van der Waals surface area contributed by atoms with Crippen LogP contribution in [0.25, 0.3) is 0 Å². The monoisotopic (exact) mass is 369 g/mol. The van der Waals surface area contributed by atoms with E-state index in [0.29, 0.717) is 42.1 Å². The normalized spacial score (nSPS) is 15.8. The summed E-state index contributed by atoms with van der Waals surface area (Å²) in [5.74, 6) is -0.240. The minimum Gasteiger partial charge on any atom is -0.384 e. The van der Waals surface area contributed by atoms with Crippen LogP contribution in [0.3, 0.4) is 0 Å². The Hall–Kier alpha value is -2.53. The molecule has 0 saturated heterocycles. The molecule has 26 heavy (non-hydrogen) atoms. The van der Waals surface area contributed by atoms with Crippen molar-refractivity contribution in [2.45, 2.75) is 18.9 Å². The van der Waals surface area contributed by atoms with Crippen LogP contribution >= 0.6 is 11.3 Å². The topological polar surface area (TPSA) is 91.2 Å². The second-order valence-corrected chi connectivity index (χ2v) is 6.98. The average Bonchev–Trinajstić information content (AvgIpc) is 3.03. The summed E-state index contributed by atoms with van der Waals surface area (Å²) in [5, 5.41) is 16.1. The first kappa shape index (κ1) is 18.3. The summed E-state index contributed by atoms with van der Waals surface area (Å²) in [6, 6.07) is 10.6. The molecule has 3 rings (SSSR count). The molecule has 0 radical (unpaired) electrons. The first-order valence-electron chi connectivity index (χ1n) is 8.32. The van der Waals surface area contributed by atoms with E-state index in [-0.39, 0.29) is 11.7 Å². The molecule has 6 nitrogen and oxygen atoms in total. The average molecular weight is 369 g/mol. The van der Waals surface area contributed by atoms with Gasteiger partial charge in [0, 0.05) is 30.5 Å². The van der Waals surface area contributed by atoms with Crippen LogP contribution in [0.1, 0.15) is 38.8 Å². The van der Waals surface area contributed by atoms with Gasteiger partial charge in [-0.05, 0) is 24.1 Å². The molecule has 0 spiro atoms. The lowest BCUT2D eigenvalue weighted by molar-refractivity contribution is -0.122. The van der Waals surface area contributed by atoms with E-state index >= 15 is 0 Å². The largest absolute Gasteiger partial charge is 0.384 e. The summed E-state index contributed by atoms with van der Waals surface area (Å²) in [6.45, 7) is 0.980. The van der Waals surface area contributed by atoms with Crippen molar-refractivity contribution in [1.82, 2.24) is 5.32 Å². The zero-order chi connectivity index (χ0) is 18.5. The molecule has 2 N–H and O–H groups in total. The van der Waals surface area contributed by atoms with Gasteiger partial charge in [-0.3, -0.25) is 9.59 Å². The molecule has 7 heteroatoms. The van der Waals surface area contributed by atoms with E-state index in [1.807, 2.05) is 6.07 Å². The summed E-state index contributed by atoms with van der Waals surface area (Å²) in [6.07, 6.45) is 0.961. The minimum absolute atomic E-state index is 0.0273. The Morgan fingerprint density at radius 2 is 2.15 bits per heavy atom. The van der Waals surface area contributed by atoms with Crippen LogP contribution in [0.15, 0.2) is 30.3 Å².